The summed E-state index contributed by atoms with van der Waals surface area (Å²) < 4.78 is 36.1. The molecule has 2 aromatic carbocycles. The van der Waals surface area contributed by atoms with Gasteiger partial charge in [0.25, 0.3) is 0 Å². The first-order valence-electron chi connectivity index (χ1n) is 13.3. The minimum absolute atomic E-state index is 0.0349. The molecule has 0 spiro atoms. The number of carbonyl (C=O) groups is 3. The Morgan fingerprint density at radius 1 is 0.975 bits per heavy atom. The Morgan fingerprint density at radius 3 is 2.15 bits per heavy atom. The van der Waals surface area contributed by atoms with Crippen molar-refractivity contribution in [2.45, 2.75) is 52.6 Å². The SMILES string of the molecule is Cc1c(F)ccc(F)c1-c1c(C(=O)O)cn(C)c1C(=O)c1ccc(CC2CCN(C(=O)OC(C)(C)C)CC2)cc1. The zero-order valence-corrected chi connectivity index (χ0v) is 23.4. The summed E-state index contributed by atoms with van der Waals surface area (Å²) in [6, 6.07) is 8.93. The van der Waals surface area contributed by atoms with E-state index in [0.717, 1.165) is 37.0 Å². The molecule has 3 aromatic rings. The molecular formula is C31H34F2N2O5. The summed E-state index contributed by atoms with van der Waals surface area (Å²) in [5.41, 5.74) is 0.0177. The van der Waals surface area contributed by atoms with Gasteiger partial charge in [-0.3, -0.25) is 4.79 Å². The predicted octanol–water partition coefficient (Wildman–Crippen LogP) is 6.40. The first-order valence-corrected chi connectivity index (χ1v) is 13.3. The van der Waals surface area contributed by atoms with Crippen LogP contribution in [0, 0.1) is 24.5 Å². The van der Waals surface area contributed by atoms with E-state index in [1.165, 1.54) is 24.7 Å². The molecule has 1 aliphatic rings. The molecule has 4 rings (SSSR count). The molecule has 1 aromatic heterocycles. The van der Waals surface area contributed by atoms with Crippen molar-refractivity contribution in [3.05, 3.63) is 82.2 Å². The number of hydrogen-bond acceptors (Lipinski definition) is 4. The monoisotopic (exact) mass is 552 g/mol. The number of halogens is 2. The zero-order valence-electron chi connectivity index (χ0n) is 23.4. The highest BCUT2D eigenvalue weighted by atomic mass is 19.1. The van der Waals surface area contributed by atoms with Gasteiger partial charge in [0.2, 0.25) is 5.78 Å². The topological polar surface area (TPSA) is 88.8 Å². The molecule has 0 saturated carbocycles. The fraction of sp³-hybridized carbons (Fsp3) is 0.387. The summed E-state index contributed by atoms with van der Waals surface area (Å²) in [5.74, 6) is -2.98. The first-order chi connectivity index (χ1) is 18.8. The highest BCUT2D eigenvalue weighted by molar-refractivity contribution is 6.15. The second-order valence-electron chi connectivity index (χ2n) is 11.4. The Bertz CT molecular complexity index is 1450. The van der Waals surface area contributed by atoms with E-state index in [1.807, 2.05) is 32.9 Å². The van der Waals surface area contributed by atoms with Gasteiger partial charge in [-0.15, -0.1) is 0 Å². The van der Waals surface area contributed by atoms with Crippen LogP contribution in [0.15, 0.2) is 42.6 Å². The molecule has 1 fully saturated rings. The van der Waals surface area contributed by atoms with Crippen molar-refractivity contribution in [1.29, 1.82) is 0 Å². The number of aromatic carboxylic acids is 1. The van der Waals surface area contributed by atoms with Gasteiger partial charge in [-0.25, -0.2) is 18.4 Å². The van der Waals surface area contributed by atoms with Gasteiger partial charge in [0, 0.05) is 43.0 Å². The van der Waals surface area contributed by atoms with Crippen LogP contribution in [0.1, 0.15) is 71.1 Å². The van der Waals surface area contributed by atoms with Gasteiger partial charge in [-0.2, -0.15) is 0 Å². The highest BCUT2D eigenvalue weighted by Gasteiger charge is 2.30. The van der Waals surface area contributed by atoms with Crippen LogP contribution < -0.4 is 0 Å². The van der Waals surface area contributed by atoms with Gasteiger partial charge in [-0.05, 0) is 76.1 Å². The van der Waals surface area contributed by atoms with E-state index in [2.05, 4.69) is 0 Å². The number of aromatic nitrogens is 1. The van der Waals surface area contributed by atoms with E-state index in [4.69, 9.17) is 4.74 Å². The Hall–Kier alpha value is -4.01. The number of aryl methyl sites for hydroxylation is 1. The minimum atomic E-state index is -1.35. The number of ketones is 1. The normalized spacial score (nSPS) is 14.3. The lowest BCUT2D eigenvalue weighted by Crippen LogP contribution is -2.42. The molecule has 0 bridgehead atoms. The van der Waals surface area contributed by atoms with E-state index in [1.54, 1.807) is 17.0 Å². The molecule has 0 aliphatic carbocycles. The summed E-state index contributed by atoms with van der Waals surface area (Å²) >= 11 is 0. The van der Waals surface area contributed by atoms with Crippen LogP contribution in [0.2, 0.25) is 0 Å². The number of carboxylic acid groups (broad SMARTS) is 1. The van der Waals surface area contributed by atoms with Gasteiger partial charge in [-0.1, -0.05) is 24.3 Å². The third-order valence-corrected chi connectivity index (χ3v) is 7.23. The summed E-state index contributed by atoms with van der Waals surface area (Å²) in [4.78, 5) is 39.7. The van der Waals surface area contributed by atoms with Crippen LogP contribution in [0.5, 0.6) is 0 Å². The number of rotatable bonds is 6. The number of hydrogen-bond donors (Lipinski definition) is 1. The predicted molar refractivity (Wildman–Crippen MR) is 147 cm³/mol. The molecule has 1 saturated heterocycles. The molecule has 0 radical (unpaired) electrons. The maximum atomic E-state index is 14.9. The first kappa shape index (κ1) is 29.0. The molecule has 0 unspecified atom stereocenters. The van der Waals surface area contributed by atoms with Crippen LogP contribution in [0.3, 0.4) is 0 Å². The number of amides is 1. The molecule has 1 N–H and O–H groups in total. The third kappa shape index (κ3) is 6.08. The molecular weight excluding hydrogens is 518 g/mol. The number of carbonyl (C=O) groups excluding carboxylic acids is 2. The Balaban J connectivity index is 1.53. The van der Waals surface area contributed by atoms with Gasteiger partial charge in [0.15, 0.2) is 0 Å². The van der Waals surface area contributed by atoms with Crippen molar-refractivity contribution >= 4 is 17.8 Å². The fourth-order valence-electron chi connectivity index (χ4n) is 5.18. The number of benzene rings is 2. The lowest BCUT2D eigenvalue weighted by atomic mass is 9.89. The van der Waals surface area contributed by atoms with E-state index < -0.39 is 29.0 Å². The van der Waals surface area contributed by atoms with Gasteiger partial charge >= 0.3 is 12.1 Å². The molecule has 9 heteroatoms. The van der Waals surface area contributed by atoms with Crippen LogP contribution in [0.25, 0.3) is 11.1 Å². The van der Waals surface area contributed by atoms with Crippen LogP contribution >= 0.6 is 0 Å². The maximum absolute atomic E-state index is 14.9. The summed E-state index contributed by atoms with van der Waals surface area (Å²) in [7, 11) is 1.51. The highest BCUT2D eigenvalue weighted by Crippen LogP contribution is 2.36. The molecule has 1 aliphatic heterocycles. The van der Waals surface area contributed by atoms with Crippen LogP contribution in [-0.4, -0.2) is 51.1 Å². The summed E-state index contributed by atoms with van der Waals surface area (Å²) in [6.45, 7) is 8.12. The summed E-state index contributed by atoms with van der Waals surface area (Å²) in [6.07, 6.45) is 3.40. The van der Waals surface area contributed by atoms with Crippen molar-refractivity contribution < 1.29 is 33.0 Å². The smallest absolute Gasteiger partial charge is 0.410 e. The standard InChI is InChI=1S/C31H34F2N2O5/c1-18-23(32)10-11-24(33)25(18)26-22(29(37)38)17-34(5)27(26)28(36)21-8-6-19(7-9-21)16-20-12-14-35(15-13-20)30(39)40-31(2,3)4/h6-11,17,20H,12-16H2,1-5H3,(H,37,38). The molecule has 0 atom stereocenters. The fourth-order valence-corrected chi connectivity index (χ4v) is 5.18. The van der Waals surface area contributed by atoms with E-state index in [0.29, 0.717) is 24.6 Å². The van der Waals surface area contributed by atoms with Crippen LogP contribution in [0.4, 0.5) is 13.6 Å². The Kier molecular flexibility index (Phi) is 8.14. The minimum Gasteiger partial charge on any atom is -0.478 e. The molecule has 7 nitrogen and oxygen atoms in total. The Labute approximate surface area is 232 Å². The number of likely N-dealkylation sites (tertiary alicyclic amines) is 1. The second kappa shape index (κ2) is 11.2. The van der Waals surface area contributed by atoms with Crippen LogP contribution in [-0.2, 0) is 18.2 Å². The summed E-state index contributed by atoms with van der Waals surface area (Å²) in [5, 5.41) is 9.79. The van der Waals surface area contributed by atoms with E-state index in [9.17, 15) is 28.3 Å². The molecule has 40 heavy (non-hydrogen) atoms. The van der Waals surface area contributed by atoms with Crippen molar-refractivity contribution in [2.75, 3.05) is 13.1 Å². The van der Waals surface area contributed by atoms with Crippen molar-refractivity contribution in [2.24, 2.45) is 13.0 Å². The van der Waals surface area contributed by atoms with Gasteiger partial charge in [0.05, 0.1) is 11.3 Å². The quantitative estimate of drug-likeness (QED) is 0.358. The third-order valence-electron chi connectivity index (χ3n) is 7.23. The lowest BCUT2D eigenvalue weighted by Gasteiger charge is -2.33. The number of carboxylic acids is 1. The number of ether oxygens (including phenoxy) is 1. The molecule has 1 amide bonds. The van der Waals surface area contributed by atoms with Gasteiger partial charge in [0.1, 0.15) is 17.2 Å². The van der Waals surface area contributed by atoms with Crippen molar-refractivity contribution in [3.8, 4) is 11.1 Å². The average molecular weight is 553 g/mol. The molecule has 212 valence electrons. The zero-order chi connectivity index (χ0) is 29.4. The van der Waals surface area contributed by atoms with Crippen molar-refractivity contribution in [1.82, 2.24) is 9.47 Å². The average Bonchev–Trinajstić information content (AvgIpc) is 3.23. The lowest BCUT2D eigenvalue weighted by molar-refractivity contribution is 0.0184. The van der Waals surface area contributed by atoms with E-state index >= 15 is 0 Å². The number of nitrogens with zero attached hydrogens (tertiary/aromatic N) is 2. The number of piperidine rings is 1. The molecule has 2 heterocycles. The second-order valence-corrected chi connectivity index (χ2v) is 11.4. The Morgan fingerprint density at radius 2 is 1.57 bits per heavy atom. The maximum Gasteiger partial charge on any atom is 0.410 e. The largest absolute Gasteiger partial charge is 0.478 e. The van der Waals surface area contributed by atoms with Crippen molar-refractivity contribution in [3.63, 3.8) is 0 Å². The van der Waals surface area contributed by atoms with Gasteiger partial charge < -0.3 is 19.3 Å². The van der Waals surface area contributed by atoms with E-state index in [-0.39, 0.29) is 34.0 Å².